The van der Waals surface area contributed by atoms with Gasteiger partial charge in [0.2, 0.25) is 0 Å². The number of hydrogen-bond donors (Lipinski definition) is 2. The molecule has 1 saturated heterocycles. The van der Waals surface area contributed by atoms with Crippen LogP contribution in [0.5, 0.6) is 0 Å². The first-order valence-electron chi connectivity index (χ1n) is 15.9. The lowest BCUT2D eigenvalue weighted by molar-refractivity contribution is -0.118. The van der Waals surface area contributed by atoms with Crippen molar-refractivity contribution in [3.8, 4) is 0 Å². The van der Waals surface area contributed by atoms with Gasteiger partial charge < -0.3 is 10.6 Å². The summed E-state index contributed by atoms with van der Waals surface area (Å²) in [4.78, 5) is 0. The molecule has 0 bridgehead atoms. The van der Waals surface area contributed by atoms with E-state index in [0.717, 1.165) is 47.6 Å². The van der Waals surface area contributed by atoms with Crippen molar-refractivity contribution in [2.24, 2.45) is 46.3 Å². The van der Waals surface area contributed by atoms with Crippen LogP contribution in [0.25, 0.3) is 0 Å². The van der Waals surface area contributed by atoms with Crippen LogP contribution in [0.1, 0.15) is 132 Å². The second-order valence-electron chi connectivity index (χ2n) is 14.0. The zero-order chi connectivity index (χ0) is 25.2. The maximum absolute atomic E-state index is 4.18. The molecule has 5 rings (SSSR count). The fraction of sp³-hybridized carbons (Fsp3) is 0.941. The number of fused-ring (bicyclic) bond motifs is 5. The van der Waals surface area contributed by atoms with Gasteiger partial charge in [-0.25, -0.2) is 0 Å². The van der Waals surface area contributed by atoms with Gasteiger partial charge in [0.15, 0.2) is 0 Å². The lowest BCUT2D eigenvalue weighted by Crippen LogP contribution is -2.56. The highest BCUT2D eigenvalue weighted by atomic mass is 15.0. The van der Waals surface area contributed by atoms with Gasteiger partial charge in [0, 0.05) is 12.1 Å². The fourth-order valence-corrected chi connectivity index (χ4v) is 10.4. The molecule has 1 heterocycles. The van der Waals surface area contributed by atoms with Crippen molar-refractivity contribution >= 4 is 0 Å². The van der Waals surface area contributed by atoms with Crippen molar-refractivity contribution in [1.29, 1.82) is 0 Å². The minimum atomic E-state index is 0. The first-order chi connectivity index (χ1) is 16.8. The van der Waals surface area contributed by atoms with Crippen molar-refractivity contribution in [1.82, 2.24) is 10.6 Å². The predicted molar refractivity (Wildman–Crippen MR) is 159 cm³/mol. The highest BCUT2D eigenvalue weighted by Gasteiger charge is 2.60. The second kappa shape index (κ2) is 12.7. The summed E-state index contributed by atoms with van der Waals surface area (Å²) in [5.74, 6) is 5.85. The minimum absolute atomic E-state index is 0. The van der Waals surface area contributed by atoms with Crippen LogP contribution in [-0.2, 0) is 0 Å². The molecule has 0 spiro atoms. The second-order valence-corrected chi connectivity index (χ2v) is 14.0. The molecule has 2 nitrogen and oxygen atoms in total. The molecule has 0 aromatic carbocycles. The molecule has 0 aromatic rings. The van der Waals surface area contributed by atoms with Gasteiger partial charge in [0.25, 0.3) is 0 Å². The molecule has 0 amide bonds. The Morgan fingerprint density at radius 1 is 0.889 bits per heavy atom. The van der Waals surface area contributed by atoms with Crippen molar-refractivity contribution in [3.63, 3.8) is 0 Å². The minimum Gasteiger partial charge on any atom is -0.317 e. The van der Waals surface area contributed by atoms with Gasteiger partial charge in [-0.05, 0) is 150 Å². The Morgan fingerprint density at radius 3 is 2.25 bits per heavy atom. The maximum Gasteiger partial charge on any atom is 0.00938 e. The van der Waals surface area contributed by atoms with Gasteiger partial charge in [-0.2, -0.15) is 0 Å². The summed E-state index contributed by atoms with van der Waals surface area (Å²) in [6.07, 6.45) is 18.8. The van der Waals surface area contributed by atoms with Crippen LogP contribution in [-0.4, -0.2) is 25.2 Å². The van der Waals surface area contributed by atoms with Crippen molar-refractivity contribution in [2.45, 2.75) is 145 Å². The van der Waals surface area contributed by atoms with Crippen LogP contribution in [0.3, 0.4) is 0 Å². The lowest BCUT2D eigenvalue weighted by Gasteiger charge is -2.61. The summed E-state index contributed by atoms with van der Waals surface area (Å²) in [6.45, 7) is 20.9. The molecule has 9 unspecified atom stereocenters. The summed E-state index contributed by atoms with van der Waals surface area (Å²) in [6, 6.07) is 1.57. The largest absolute Gasteiger partial charge is 0.317 e. The Bertz CT molecular complexity index is 695. The highest BCUT2D eigenvalue weighted by Crippen LogP contribution is 2.68. The fourth-order valence-electron chi connectivity index (χ4n) is 10.4. The summed E-state index contributed by atoms with van der Waals surface area (Å²) < 4.78 is 0. The molecule has 9 atom stereocenters. The van der Waals surface area contributed by atoms with Crippen LogP contribution >= 0.6 is 0 Å². The zero-order valence-electron chi connectivity index (χ0n) is 24.4. The average Bonchev–Trinajstić information content (AvgIpc) is 3.22. The molecule has 4 saturated carbocycles. The maximum atomic E-state index is 4.18. The molecule has 0 aromatic heterocycles. The van der Waals surface area contributed by atoms with E-state index in [2.05, 4.69) is 44.9 Å². The van der Waals surface area contributed by atoms with E-state index in [4.69, 9.17) is 0 Å². The van der Waals surface area contributed by atoms with E-state index in [9.17, 15) is 0 Å². The average molecular weight is 501 g/mol. The van der Waals surface area contributed by atoms with Crippen molar-refractivity contribution < 1.29 is 0 Å². The summed E-state index contributed by atoms with van der Waals surface area (Å²) in [5.41, 5.74) is 2.62. The van der Waals surface area contributed by atoms with Crippen LogP contribution < -0.4 is 10.6 Å². The molecule has 0 radical (unpaired) electrons. The van der Waals surface area contributed by atoms with E-state index in [1.54, 1.807) is 0 Å². The van der Waals surface area contributed by atoms with E-state index in [1.807, 2.05) is 13.8 Å². The van der Waals surface area contributed by atoms with E-state index in [-0.39, 0.29) is 7.43 Å². The predicted octanol–water partition coefficient (Wildman–Crippen LogP) is 9.01. The number of allylic oxidation sites excluding steroid dienone is 1. The van der Waals surface area contributed by atoms with Gasteiger partial charge in [-0.15, -0.1) is 6.58 Å². The van der Waals surface area contributed by atoms with Crippen molar-refractivity contribution in [2.75, 3.05) is 13.1 Å². The SMILES string of the molecule is C.C=C(C)CCC(C)C1CCC2C3CCC4CC(NC5CCNCC5)CCC4(C)C3CCC12C.CC. The van der Waals surface area contributed by atoms with Crippen LogP contribution in [0, 0.1) is 46.3 Å². The smallest absolute Gasteiger partial charge is 0.00938 e. The zero-order valence-corrected chi connectivity index (χ0v) is 24.4. The quantitative estimate of drug-likeness (QED) is 0.355. The third kappa shape index (κ3) is 5.80. The third-order valence-corrected chi connectivity index (χ3v) is 12.3. The molecule has 2 N–H and O–H groups in total. The van der Waals surface area contributed by atoms with Gasteiger partial charge in [-0.1, -0.05) is 47.6 Å². The summed E-state index contributed by atoms with van der Waals surface area (Å²) >= 11 is 0. The first-order valence-corrected chi connectivity index (χ1v) is 15.9. The topological polar surface area (TPSA) is 24.1 Å². The Kier molecular flexibility index (Phi) is 10.6. The standard InChI is InChI=1S/C31H54N2.C2H6.CH4/c1-21(2)6-7-22(3)27-10-11-28-26-9-8-23-20-25(33-24-14-18-32-19-15-24)12-16-30(23,4)29(26)13-17-31(27,28)5;1-2;/h22-29,32-33H,1,6-20H2,2-5H3;1-2H3;1H4. The molecular formula is C34H64N2. The molecule has 2 heteroatoms. The van der Waals surface area contributed by atoms with Crippen molar-refractivity contribution in [3.05, 3.63) is 12.2 Å². The van der Waals surface area contributed by atoms with Crippen LogP contribution in [0.15, 0.2) is 12.2 Å². The van der Waals surface area contributed by atoms with E-state index in [0.29, 0.717) is 10.8 Å². The molecular weight excluding hydrogens is 436 g/mol. The molecule has 1 aliphatic heterocycles. The van der Waals surface area contributed by atoms with Crippen LogP contribution in [0.4, 0.5) is 0 Å². The normalized spacial score (nSPS) is 43.1. The lowest BCUT2D eigenvalue weighted by atomic mass is 9.44. The Hall–Kier alpha value is -0.340. The number of hydrogen-bond acceptors (Lipinski definition) is 2. The first kappa shape index (κ1) is 30.2. The van der Waals surface area contributed by atoms with E-state index < -0.39 is 0 Å². The number of nitrogens with one attached hydrogen (secondary N) is 2. The Balaban J connectivity index is 0.00000117. The van der Waals surface area contributed by atoms with Gasteiger partial charge in [-0.3, -0.25) is 0 Å². The number of piperidine rings is 1. The van der Waals surface area contributed by atoms with E-state index in [1.165, 1.54) is 102 Å². The monoisotopic (exact) mass is 501 g/mol. The van der Waals surface area contributed by atoms with E-state index >= 15 is 0 Å². The molecule has 36 heavy (non-hydrogen) atoms. The molecule has 4 aliphatic carbocycles. The molecule has 210 valence electrons. The number of rotatable bonds is 6. The highest BCUT2D eigenvalue weighted by molar-refractivity contribution is 5.10. The molecule has 5 aliphatic rings. The van der Waals surface area contributed by atoms with Crippen LogP contribution in [0.2, 0.25) is 0 Å². The summed E-state index contributed by atoms with van der Waals surface area (Å²) in [5, 5.41) is 7.65. The van der Waals surface area contributed by atoms with Gasteiger partial charge in [0.1, 0.15) is 0 Å². The Labute approximate surface area is 226 Å². The molecule has 5 fully saturated rings. The third-order valence-electron chi connectivity index (χ3n) is 12.3. The van der Waals surface area contributed by atoms with Gasteiger partial charge >= 0.3 is 0 Å². The Morgan fingerprint density at radius 2 is 1.56 bits per heavy atom. The van der Waals surface area contributed by atoms with Gasteiger partial charge in [0.05, 0.1) is 0 Å². The summed E-state index contributed by atoms with van der Waals surface area (Å²) in [7, 11) is 0.